The first kappa shape index (κ1) is 14.6. The van der Waals surface area contributed by atoms with Gasteiger partial charge in [-0.3, -0.25) is 4.79 Å². The zero-order valence-corrected chi connectivity index (χ0v) is 11.8. The van der Waals surface area contributed by atoms with Gasteiger partial charge in [-0.2, -0.15) is 0 Å². The van der Waals surface area contributed by atoms with Crippen LogP contribution < -0.4 is 10.6 Å². The van der Waals surface area contributed by atoms with E-state index in [1.807, 2.05) is 6.07 Å². The quantitative estimate of drug-likeness (QED) is 0.812. The average molecular weight is 248 g/mol. The van der Waals surface area contributed by atoms with Gasteiger partial charge < -0.3 is 10.6 Å². The third-order valence-electron chi connectivity index (χ3n) is 2.90. The number of aryl methyl sites for hydroxylation is 2. The van der Waals surface area contributed by atoms with Crippen molar-refractivity contribution < 1.29 is 4.79 Å². The molecule has 0 unspecified atom stereocenters. The number of nitrogens with one attached hydrogen (secondary N) is 2. The molecule has 1 aromatic carbocycles. The molecule has 0 aliphatic rings. The molecule has 18 heavy (non-hydrogen) atoms. The minimum absolute atomic E-state index is 0.111. The van der Waals surface area contributed by atoms with Crippen LogP contribution in [0.15, 0.2) is 18.2 Å². The minimum atomic E-state index is 0.111. The van der Waals surface area contributed by atoms with Gasteiger partial charge in [-0.25, -0.2) is 0 Å². The lowest BCUT2D eigenvalue weighted by molar-refractivity contribution is -0.120. The smallest absolute Gasteiger partial charge is 0.221 e. The largest absolute Gasteiger partial charge is 0.385 e. The van der Waals surface area contributed by atoms with Crippen LogP contribution in [0.2, 0.25) is 0 Å². The Kier molecular flexibility index (Phi) is 5.69. The van der Waals surface area contributed by atoms with Crippen LogP contribution in [0, 0.1) is 19.8 Å². The topological polar surface area (TPSA) is 41.1 Å². The van der Waals surface area contributed by atoms with Gasteiger partial charge in [0.05, 0.1) is 0 Å². The fourth-order valence-corrected chi connectivity index (χ4v) is 1.58. The second-order valence-electron chi connectivity index (χ2n) is 5.17. The van der Waals surface area contributed by atoms with Crippen LogP contribution >= 0.6 is 0 Å². The van der Waals surface area contributed by atoms with Crippen molar-refractivity contribution >= 4 is 11.6 Å². The third kappa shape index (κ3) is 5.21. The lowest BCUT2D eigenvalue weighted by Crippen LogP contribution is -2.28. The van der Waals surface area contributed by atoms with Crippen molar-refractivity contribution in [3.8, 4) is 0 Å². The number of hydrogen-bond acceptors (Lipinski definition) is 2. The highest BCUT2D eigenvalue weighted by Crippen LogP contribution is 2.13. The van der Waals surface area contributed by atoms with Gasteiger partial charge in [0.2, 0.25) is 5.91 Å². The maximum absolute atomic E-state index is 11.5. The standard InChI is InChI=1S/C15H24N2O/c1-11(2)10-17-15(18)7-8-16-14-6-5-12(3)13(4)9-14/h5-6,9,11,16H,7-8,10H2,1-4H3,(H,17,18). The second-order valence-corrected chi connectivity index (χ2v) is 5.17. The summed E-state index contributed by atoms with van der Waals surface area (Å²) in [6.45, 7) is 9.80. The van der Waals surface area contributed by atoms with Crippen LogP contribution in [0.3, 0.4) is 0 Å². The van der Waals surface area contributed by atoms with Crippen molar-refractivity contribution in [3.63, 3.8) is 0 Å². The number of rotatable bonds is 6. The molecular formula is C15H24N2O. The van der Waals surface area contributed by atoms with Crippen molar-refractivity contribution in [1.82, 2.24) is 5.32 Å². The normalized spacial score (nSPS) is 10.5. The fourth-order valence-electron chi connectivity index (χ4n) is 1.58. The van der Waals surface area contributed by atoms with Crippen molar-refractivity contribution in [3.05, 3.63) is 29.3 Å². The molecule has 100 valence electrons. The van der Waals surface area contributed by atoms with Crippen LogP contribution in [0.5, 0.6) is 0 Å². The summed E-state index contributed by atoms with van der Waals surface area (Å²) < 4.78 is 0. The predicted octanol–water partition coefficient (Wildman–Crippen LogP) is 2.88. The van der Waals surface area contributed by atoms with Crippen LogP contribution in [0.1, 0.15) is 31.4 Å². The Morgan fingerprint density at radius 2 is 1.94 bits per heavy atom. The summed E-state index contributed by atoms with van der Waals surface area (Å²) >= 11 is 0. The van der Waals surface area contributed by atoms with E-state index in [2.05, 4.69) is 50.5 Å². The van der Waals surface area contributed by atoms with E-state index in [9.17, 15) is 4.79 Å². The van der Waals surface area contributed by atoms with E-state index in [4.69, 9.17) is 0 Å². The molecule has 3 heteroatoms. The molecule has 0 aliphatic heterocycles. The Labute approximate surface area is 110 Å². The Hall–Kier alpha value is -1.51. The zero-order chi connectivity index (χ0) is 13.5. The van der Waals surface area contributed by atoms with Gasteiger partial charge in [0.25, 0.3) is 0 Å². The molecule has 0 aliphatic carbocycles. The SMILES string of the molecule is Cc1ccc(NCCC(=O)NCC(C)C)cc1C. The highest BCUT2D eigenvalue weighted by Gasteiger charge is 2.02. The summed E-state index contributed by atoms with van der Waals surface area (Å²) in [6, 6.07) is 6.26. The molecule has 1 rings (SSSR count). The summed E-state index contributed by atoms with van der Waals surface area (Å²) in [5.74, 6) is 0.613. The number of hydrogen-bond donors (Lipinski definition) is 2. The fraction of sp³-hybridized carbons (Fsp3) is 0.533. The van der Waals surface area contributed by atoms with Gasteiger partial charge >= 0.3 is 0 Å². The number of carbonyl (C=O) groups is 1. The van der Waals surface area contributed by atoms with Crippen LogP contribution in [0.4, 0.5) is 5.69 Å². The molecule has 2 N–H and O–H groups in total. The first-order valence-corrected chi connectivity index (χ1v) is 6.57. The molecule has 3 nitrogen and oxygen atoms in total. The predicted molar refractivity (Wildman–Crippen MR) is 76.9 cm³/mol. The lowest BCUT2D eigenvalue weighted by atomic mass is 10.1. The number of amides is 1. The summed E-state index contributed by atoms with van der Waals surface area (Å²) in [5.41, 5.74) is 3.63. The summed E-state index contributed by atoms with van der Waals surface area (Å²) in [7, 11) is 0. The molecule has 0 saturated heterocycles. The third-order valence-corrected chi connectivity index (χ3v) is 2.90. The van der Waals surface area contributed by atoms with Crippen LogP contribution in [0.25, 0.3) is 0 Å². The van der Waals surface area contributed by atoms with E-state index in [0.29, 0.717) is 18.9 Å². The van der Waals surface area contributed by atoms with Crippen LogP contribution in [-0.4, -0.2) is 19.0 Å². The number of carbonyl (C=O) groups excluding carboxylic acids is 1. The first-order chi connectivity index (χ1) is 8.49. The van der Waals surface area contributed by atoms with E-state index in [1.54, 1.807) is 0 Å². The van der Waals surface area contributed by atoms with Crippen LogP contribution in [-0.2, 0) is 4.79 Å². The monoisotopic (exact) mass is 248 g/mol. The summed E-state index contributed by atoms with van der Waals surface area (Å²) in [4.78, 5) is 11.5. The van der Waals surface area contributed by atoms with Gasteiger partial charge in [-0.15, -0.1) is 0 Å². The van der Waals surface area contributed by atoms with E-state index < -0.39 is 0 Å². The lowest BCUT2D eigenvalue weighted by Gasteiger charge is -2.10. The molecule has 0 aromatic heterocycles. The van der Waals surface area contributed by atoms with Gasteiger partial charge in [0.1, 0.15) is 0 Å². The van der Waals surface area contributed by atoms with Crippen molar-refractivity contribution in [2.24, 2.45) is 5.92 Å². The first-order valence-electron chi connectivity index (χ1n) is 6.57. The zero-order valence-electron chi connectivity index (χ0n) is 11.8. The second kappa shape index (κ2) is 7.04. The Balaban J connectivity index is 2.28. The molecular weight excluding hydrogens is 224 g/mol. The van der Waals surface area contributed by atoms with Crippen molar-refractivity contribution in [2.45, 2.75) is 34.1 Å². The summed E-state index contributed by atoms with van der Waals surface area (Å²) in [5, 5.41) is 6.18. The highest BCUT2D eigenvalue weighted by molar-refractivity contribution is 5.76. The van der Waals surface area contributed by atoms with Crippen molar-refractivity contribution in [1.29, 1.82) is 0 Å². The number of anilines is 1. The highest BCUT2D eigenvalue weighted by atomic mass is 16.1. The maximum atomic E-state index is 11.5. The molecule has 0 heterocycles. The number of benzene rings is 1. The molecule has 0 saturated carbocycles. The molecule has 1 aromatic rings. The van der Waals surface area contributed by atoms with Gasteiger partial charge in [-0.05, 0) is 43.0 Å². The van der Waals surface area contributed by atoms with E-state index in [0.717, 1.165) is 12.2 Å². The molecule has 0 bridgehead atoms. The van der Waals surface area contributed by atoms with E-state index >= 15 is 0 Å². The minimum Gasteiger partial charge on any atom is -0.385 e. The molecule has 0 radical (unpaired) electrons. The average Bonchev–Trinajstić information content (AvgIpc) is 2.31. The van der Waals surface area contributed by atoms with E-state index in [1.165, 1.54) is 11.1 Å². The van der Waals surface area contributed by atoms with Crippen molar-refractivity contribution in [2.75, 3.05) is 18.4 Å². The molecule has 1 amide bonds. The Morgan fingerprint density at radius 1 is 1.22 bits per heavy atom. The molecule has 0 atom stereocenters. The van der Waals surface area contributed by atoms with Gasteiger partial charge in [-0.1, -0.05) is 19.9 Å². The molecule has 0 fully saturated rings. The van der Waals surface area contributed by atoms with Gasteiger partial charge in [0.15, 0.2) is 0 Å². The Morgan fingerprint density at radius 3 is 2.56 bits per heavy atom. The van der Waals surface area contributed by atoms with E-state index in [-0.39, 0.29) is 5.91 Å². The maximum Gasteiger partial charge on any atom is 0.221 e. The Bertz CT molecular complexity index is 399. The summed E-state index contributed by atoms with van der Waals surface area (Å²) in [6.07, 6.45) is 0.514. The molecule has 0 spiro atoms. The van der Waals surface area contributed by atoms with Gasteiger partial charge in [0, 0.05) is 25.2 Å².